The standard InChI is InChI=1S/C18H22N2O/c1-3-14-9-11-16(12-10-14)20-18(21)13(2)17(19)15-7-5-4-6-8-15/h4-13,17H,3,19H2,1-2H3,(H,20,21). The summed E-state index contributed by atoms with van der Waals surface area (Å²) >= 11 is 0. The first-order valence-corrected chi connectivity index (χ1v) is 7.32. The summed E-state index contributed by atoms with van der Waals surface area (Å²) in [4.78, 5) is 12.3. The summed E-state index contributed by atoms with van der Waals surface area (Å²) in [7, 11) is 0. The number of amides is 1. The van der Waals surface area contributed by atoms with Crippen LogP contribution in [0.2, 0.25) is 0 Å². The summed E-state index contributed by atoms with van der Waals surface area (Å²) in [6.07, 6.45) is 0.990. The van der Waals surface area contributed by atoms with Gasteiger partial charge >= 0.3 is 0 Å². The Morgan fingerprint density at radius 3 is 2.29 bits per heavy atom. The molecule has 0 aliphatic rings. The first-order valence-electron chi connectivity index (χ1n) is 7.32. The number of anilines is 1. The van der Waals surface area contributed by atoms with Gasteiger partial charge in [0.25, 0.3) is 0 Å². The van der Waals surface area contributed by atoms with E-state index in [1.807, 2.05) is 61.5 Å². The van der Waals surface area contributed by atoms with Gasteiger partial charge in [0.05, 0.1) is 5.92 Å². The van der Waals surface area contributed by atoms with E-state index in [0.29, 0.717) is 0 Å². The average Bonchev–Trinajstić information content (AvgIpc) is 2.55. The maximum atomic E-state index is 12.3. The molecule has 0 saturated carbocycles. The van der Waals surface area contributed by atoms with Crippen molar-refractivity contribution in [2.24, 2.45) is 11.7 Å². The molecule has 21 heavy (non-hydrogen) atoms. The van der Waals surface area contributed by atoms with Gasteiger partial charge in [-0.3, -0.25) is 4.79 Å². The van der Waals surface area contributed by atoms with Crippen LogP contribution in [-0.2, 0) is 11.2 Å². The first-order chi connectivity index (χ1) is 10.1. The molecule has 2 unspecified atom stereocenters. The van der Waals surface area contributed by atoms with Crippen LogP contribution in [0.15, 0.2) is 54.6 Å². The van der Waals surface area contributed by atoms with E-state index in [4.69, 9.17) is 5.73 Å². The average molecular weight is 282 g/mol. The molecule has 2 rings (SSSR count). The van der Waals surface area contributed by atoms with Crippen molar-refractivity contribution < 1.29 is 4.79 Å². The van der Waals surface area contributed by atoms with Gasteiger partial charge in [-0.15, -0.1) is 0 Å². The molecule has 110 valence electrons. The van der Waals surface area contributed by atoms with E-state index in [-0.39, 0.29) is 17.9 Å². The van der Waals surface area contributed by atoms with Crippen molar-refractivity contribution in [3.8, 4) is 0 Å². The van der Waals surface area contributed by atoms with E-state index >= 15 is 0 Å². The molecular formula is C18H22N2O. The Kier molecular flexibility index (Phi) is 5.12. The fraction of sp³-hybridized carbons (Fsp3) is 0.278. The molecule has 3 N–H and O–H groups in total. The van der Waals surface area contributed by atoms with Crippen molar-refractivity contribution in [3.63, 3.8) is 0 Å². The summed E-state index contributed by atoms with van der Waals surface area (Å²) < 4.78 is 0. The van der Waals surface area contributed by atoms with Gasteiger partial charge in [-0.05, 0) is 29.7 Å². The lowest BCUT2D eigenvalue weighted by atomic mass is 9.94. The Morgan fingerprint density at radius 1 is 1.10 bits per heavy atom. The molecule has 2 atom stereocenters. The molecule has 0 heterocycles. The molecular weight excluding hydrogens is 260 g/mol. The van der Waals surface area contributed by atoms with Crippen molar-refractivity contribution in [1.82, 2.24) is 0 Å². The zero-order valence-electron chi connectivity index (χ0n) is 12.5. The van der Waals surface area contributed by atoms with Crippen LogP contribution in [-0.4, -0.2) is 5.91 Å². The highest BCUT2D eigenvalue weighted by Gasteiger charge is 2.22. The van der Waals surface area contributed by atoms with Crippen LogP contribution >= 0.6 is 0 Å². The summed E-state index contributed by atoms with van der Waals surface area (Å²) in [6.45, 7) is 3.96. The van der Waals surface area contributed by atoms with Crippen LogP contribution in [0.3, 0.4) is 0 Å². The van der Waals surface area contributed by atoms with Crippen molar-refractivity contribution in [1.29, 1.82) is 0 Å². The molecule has 2 aromatic carbocycles. The van der Waals surface area contributed by atoms with E-state index in [2.05, 4.69) is 12.2 Å². The predicted molar refractivity (Wildman–Crippen MR) is 87.0 cm³/mol. The maximum Gasteiger partial charge on any atom is 0.229 e. The summed E-state index contributed by atoms with van der Waals surface area (Å²) in [5, 5.41) is 2.92. The normalized spacial score (nSPS) is 13.5. The summed E-state index contributed by atoms with van der Waals surface area (Å²) in [5.41, 5.74) is 9.21. The lowest BCUT2D eigenvalue weighted by Crippen LogP contribution is -2.30. The van der Waals surface area contributed by atoms with Crippen molar-refractivity contribution in [2.45, 2.75) is 26.3 Å². The van der Waals surface area contributed by atoms with E-state index < -0.39 is 0 Å². The van der Waals surface area contributed by atoms with Crippen molar-refractivity contribution >= 4 is 11.6 Å². The lowest BCUT2D eigenvalue weighted by molar-refractivity contribution is -0.120. The minimum absolute atomic E-state index is 0.0596. The quantitative estimate of drug-likeness (QED) is 0.881. The third-order valence-corrected chi connectivity index (χ3v) is 3.77. The van der Waals surface area contributed by atoms with E-state index in [1.54, 1.807) is 0 Å². The number of carbonyl (C=O) groups is 1. The molecule has 3 nitrogen and oxygen atoms in total. The number of benzene rings is 2. The Labute approximate surface area is 126 Å². The van der Waals surface area contributed by atoms with Crippen molar-refractivity contribution in [3.05, 3.63) is 65.7 Å². The molecule has 2 aromatic rings. The van der Waals surface area contributed by atoms with Gasteiger partial charge in [0.1, 0.15) is 0 Å². The molecule has 0 aromatic heterocycles. The van der Waals surface area contributed by atoms with Crippen molar-refractivity contribution in [2.75, 3.05) is 5.32 Å². The summed E-state index contributed by atoms with van der Waals surface area (Å²) in [5.74, 6) is -0.353. The Hall–Kier alpha value is -2.13. The number of nitrogens with one attached hydrogen (secondary N) is 1. The Morgan fingerprint density at radius 2 is 1.71 bits per heavy atom. The zero-order chi connectivity index (χ0) is 15.2. The minimum atomic E-state index is -0.305. The number of hydrogen-bond donors (Lipinski definition) is 2. The second-order valence-electron chi connectivity index (χ2n) is 5.26. The number of rotatable bonds is 5. The SMILES string of the molecule is CCc1ccc(NC(=O)C(C)C(N)c2ccccc2)cc1. The molecule has 0 saturated heterocycles. The van der Waals surface area contributed by atoms with Crippen LogP contribution in [0.1, 0.15) is 31.0 Å². The monoisotopic (exact) mass is 282 g/mol. The highest BCUT2D eigenvalue weighted by atomic mass is 16.1. The molecule has 0 fully saturated rings. The van der Waals surface area contributed by atoms with Gasteiger partial charge in [-0.1, -0.05) is 56.3 Å². The molecule has 0 spiro atoms. The number of aryl methyl sites for hydroxylation is 1. The maximum absolute atomic E-state index is 12.3. The van der Waals surface area contributed by atoms with Gasteiger partial charge in [0.15, 0.2) is 0 Å². The summed E-state index contributed by atoms with van der Waals surface area (Å²) in [6, 6.07) is 17.3. The fourth-order valence-electron chi connectivity index (χ4n) is 2.21. The Balaban J connectivity index is 2.01. The van der Waals surface area contributed by atoms with E-state index in [0.717, 1.165) is 17.7 Å². The zero-order valence-corrected chi connectivity index (χ0v) is 12.5. The van der Waals surface area contributed by atoms with Gasteiger partial charge in [-0.2, -0.15) is 0 Å². The number of nitrogens with two attached hydrogens (primary N) is 1. The molecule has 3 heteroatoms. The number of carbonyl (C=O) groups excluding carboxylic acids is 1. The topological polar surface area (TPSA) is 55.1 Å². The minimum Gasteiger partial charge on any atom is -0.326 e. The molecule has 0 aliphatic carbocycles. The van der Waals surface area contributed by atoms with E-state index in [9.17, 15) is 4.79 Å². The van der Waals surface area contributed by atoms with Crippen LogP contribution < -0.4 is 11.1 Å². The van der Waals surface area contributed by atoms with E-state index in [1.165, 1.54) is 5.56 Å². The molecule has 0 bridgehead atoms. The largest absolute Gasteiger partial charge is 0.326 e. The van der Waals surface area contributed by atoms with Gasteiger partial charge in [0, 0.05) is 11.7 Å². The Bertz CT molecular complexity index is 578. The molecule has 1 amide bonds. The third-order valence-electron chi connectivity index (χ3n) is 3.77. The first kappa shape index (κ1) is 15.3. The van der Waals surface area contributed by atoms with Gasteiger partial charge in [0.2, 0.25) is 5.91 Å². The van der Waals surface area contributed by atoms with Crippen LogP contribution in [0.4, 0.5) is 5.69 Å². The highest BCUT2D eigenvalue weighted by Crippen LogP contribution is 2.21. The van der Waals surface area contributed by atoms with Gasteiger partial charge < -0.3 is 11.1 Å². The predicted octanol–water partition coefficient (Wildman–Crippen LogP) is 3.52. The third kappa shape index (κ3) is 3.92. The second kappa shape index (κ2) is 7.04. The fourth-order valence-corrected chi connectivity index (χ4v) is 2.21. The smallest absolute Gasteiger partial charge is 0.229 e. The molecule has 0 aliphatic heterocycles. The van der Waals surface area contributed by atoms with Crippen LogP contribution in [0.25, 0.3) is 0 Å². The highest BCUT2D eigenvalue weighted by molar-refractivity contribution is 5.92. The van der Waals surface area contributed by atoms with Crippen LogP contribution in [0.5, 0.6) is 0 Å². The van der Waals surface area contributed by atoms with Crippen LogP contribution in [0, 0.1) is 5.92 Å². The second-order valence-corrected chi connectivity index (χ2v) is 5.26. The lowest BCUT2D eigenvalue weighted by Gasteiger charge is -2.20. The number of hydrogen-bond acceptors (Lipinski definition) is 2. The van der Waals surface area contributed by atoms with Gasteiger partial charge in [-0.25, -0.2) is 0 Å². The molecule has 0 radical (unpaired) electrons.